The molecule has 1 aliphatic rings. The maximum atomic E-state index is 12.5. The minimum Gasteiger partial charge on any atom is -0.493 e. The number of nitrogens with zero attached hydrogens (tertiary/aromatic N) is 1. The fourth-order valence-corrected chi connectivity index (χ4v) is 3.39. The summed E-state index contributed by atoms with van der Waals surface area (Å²) in [5, 5.41) is 2.85. The van der Waals surface area contributed by atoms with Gasteiger partial charge in [-0.05, 0) is 43.2 Å². The van der Waals surface area contributed by atoms with Crippen molar-refractivity contribution in [3.63, 3.8) is 0 Å². The molecule has 0 unspecified atom stereocenters. The zero-order valence-electron chi connectivity index (χ0n) is 16.9. The largest absolute Gasteiger partial charge is 0.493 e. The number of amides is 2. The lowest BCUT2D eigenvalue weighted by Crippen LogP contribution is -2.34. The Morgan fingerprint density at radius 1 is 1.20 bits per heavy atom. The van der Waals surface area contributed by atoms with Crippen molar-refractivity contribution < 1.29 is 27.8 Å². The summed E-state index contributed by atoms with van der Waals surface area (Å²) in [6.45, 7) is -0.258. The number of methoxy groups -OCH3 is 1. The van der Waals surface area contributed by atoms with Crippen LogP contribution in [0.1, 0.15) is 17.5 Å². The van der Waals surface area contributed by atoms with Crippen LogP contribution in [-0.2, 0) is 16.0 Å². The summed E-state index contributed by atoms with van der Waals surface area (Å²) in [4.78, 5) is 26.4. The van der Waals surface area contributed by atoms with Crippen LogP contribution in [0.25, 0.3) is 0 Å². The first-order valence-electron chi connectivity index (χ1n) is 9.64. The molecule has 0 bridgehead atoms. The number of halogens is 2. The first kappa shape index (κ1) is 21.5. The molecule has 8 heteroatoms. The predicted octanol–water partition coefficient (Wildman–Crippen LogP) is 3.32. The van der Waals surface area contributed by atoms with Gasteiger partial charge in [-0.25, -0.2) is 0 Å². The third kappa shape index (κ3) is 5.25. The van der Waals surface area contributed by atoms with Gasteiger partial charge in [-0.15, -0.1) is 0 Å². The minimum absolute atomic E-state index is 0.0408. The van der Waals surface area contributed by atoms with E-state index < -0.39 is 12.5 Å². The number of alkyl halides is 2. The minimum atomic E-state index is -2.93. The average Bonchev–Trinajstić information content (AvgIpc) is 3.11. The van der Waals surface area contributed by atoms with E-state index in [9.17, 15) is 18.4 Å². The number of anilines is 1. The summed E-state index contributed by atoms with van der Waals surface area (Å²) in [5.74, 6) is -0.494. The topological polar surface area (TPSA) is 67.9 Å². The highest BCUT2D eigenvalue weighted by Crippen LogP contribution is 2.29. The van der Waals surface area contributed by atoms with Crippen LogP contribution in [0.3, 0.4) is 0 Å². The molecule has 0 aliphatic carbocycles. The van der Waals surface area contributed by atoms with Crippen molar-refractivity contribution in [2.24, 2.45) is 5.92 Å². The van der Waals surface area contributed by atoms with E-state index in [0.717, 1.165) is 16.8 Å². The van der Waals surface area contributed by atoms with E-state index in [1.54, 1.807) is 17.0 Å². The molecule has 160 valence electrons. The molecule has 0 saturated carbocycles. The molecule has 2 aromatic rings. The van der Waals surface area contributed by atoms with E-state index in [2.05, 4.69) is 10.1 Å². The van der Waals surface area contributed by atoms with E-state index in [1.165, 1.54) is 13.2 Å². The van der Waals surface area contributed by atoms with Crippen LogP contribution in [0.2, 0.25) is 0 Å². The van der Waals surface area contributed by atoms with Gasteiger partial charge in [-0.1, -0.05) is 23.8 Å². The number of carbonyl (C=O) groups is 2. The van der Waals surface area contributed by atoms with Gasteiger partial charge < -0.3 is 19.7 Å². The third-order valence-corrected chi connectivity index (χ3v) is 5.00. The summed E-state index contributed by atoms with van der Waals surface area (Å²) in [6, 6.07) is 12.3. The summed E-state index contributed by atoms with van der Waals surface area (Å²) in [7, 11) is 1.37. The van der Waals surface area contributed by atoms with Crippen molar-refractivity contribution in [1.82, 2.24) is 5.32 Å². The van der Waals surface area contributed by atoms with Crippen molar-refractivity contribution in [3.8, 4) is 11.5 Å². The van der Waals surface area contributed by atoms with Crippen molar-refractivity contribution in [3.05, 3.63) is 53.6 Å². The van der Waals surface area contributed by atoms with Gasteiger partial charge in [-0.3, -0.25) is 9.59 Å². The van der Waals surface area contributed by atoms with E-state index >= 15 is 0 Å². The second-order valence-corrected chi connectivity index (χ2v) is 7.15. The maximum Gasteiger partial charge on any atom is 0.387 e. The average molecular weight is 418 g/mol. The maximum absolute atomic E-state index is 12.5. The molecule has 1 atom stereocenters. The molecule has 6 nitrogen and oxygen atoms in total. The molecule has 0 aromatic heterocycles. The number of rotatable bonds is 8. The standard InChI is InChI=1S/C22H24F2N2O4/c1-14-3-6-17(7-4-14)26-13-16(12-20(26)27)21(28)25-10-9-15-5-8-18(30-22(23)24)19(11-15)29-2/h3-8,11,16,22H,9-10,12-13H2,1-2H3,(H,25,28)/t16-/m0/s1. The van der Waals surface area contributed by atoms with Crippen molar-refractivity contribution in [2.45, 2.75) is 26.4 Å². The molecule has 3 rings (SSSR count). The zero-order chi connectivity index (χ0) is 21.7. The first-order chi connectivity index (χ1) is 14.4. The Balaban J connectivity index is 1.52. The summed E-state index contributed by atoms with van der Waals surface area (Å²) < 4.78 is 34.3. The lowest BCUT2D eigenvalue weighted by molar-refractivity contribution is -0.126. The van der Waals surface area contributed by atoms with Gasteiger partial charge >= 0.3 is 6.61 Å². The molecule has 1 aliphatic heterocycles. The fourth-order valence-electron chi connectivity index (χ4n) is 3.39. The van der Waals surface area contributed by atoms with Crippen molar-refractivity contribution in [1.29, 1.82) is 0 Å². The highest BCUT2D eigenvalue weighted by atomic mass is 19.3. The van der Waals surface area contributed by atoms with E-state index in [-0.39, 0.29) is 29.7 Å². The Labute approximate surface area is 173 Å². The lowest BCUT2D eigenvalue weighted by atomic mass is 10.1. The molecule has 1 heterocycles. The van der Waals surface area contributed by atoms with E-state index in [1.807, 2.05) is 31.2 Å². The molecule has 1 saturated heterocycles. The first-order valence-corrected chi connectivity index (χ1v) is 9.64. The van der Waals surface area contributed by atoms with Crippen LogP contribution in [0.15, 0.2) is 42.5 Å². The number of aryl methyl sites for hydroxylation is 1. The van der Waals surface area contributed by atoms with Crippen molar-refractivity contribution >= 4 is 17.5 Å². The lowest BCUT2D eigenvalue weighted by Gasteiger charge is -2.17. The summed E-state index contributed by atoms with van der Waals surface area (Å²) in [5.41, 5.74) is 2.70. The molecule has 30 heavy (non-hydrogen) atoms. The third-order valence-electron chi connectivity index (χ3n) is 5.00. The van der Waals surface area contributed by atoms with Gasteiger partial charge in [0.15, 0.2) is 11.5 Å². The zero-order valence-corrected chi connectivity index (χ0v) is 16.9. The molecule has 0 radical (unpaired) electrons. The molecule has 0 spiro atoms. The van der Waals surface area contributed by atoms with E-state index in [4.69, 9.17) is 4.74 Å². The molecule has 2 aromatic carbocycles. The number of carbonyl (C=O) groups excluding carboxylic acids is 2. The van der Waals surface area contributed by atoms with Crippen LogP contribution < -0.4 is 19.7 Å². The monoisotopic (exact) mass is 418 g/mol. The Bertz CT molecular complexity index is 903. The Hall–Kier alpha value is -3.16. The quantitative estimate of drug-likeness (QED) is 0.714. The second kappa shape index (κ2) is 9.56. The number of nitrogens with one attached hydrogen (secondary N) is 1. The van der Waals surface area contributed by atoms with Gasteiger partial charge in [0.2, 0.25) is 11.8 Å². The molecular weight excluding hydrogens is 394 g/mol. The van der Waals surface area contributed by atoms with Crippen LogP contribution in [0.4, 0.5) is 14.5 Å². The van der Waals surface area contributed by atoms with E-state index in [0.29, 0.717) is 19.5 Å². The smallest absolute Gasteiger partial charge is 0.387 e. The van der Waals surface area contributed by atoms with Crippen LogP contribution in [0.5, 0.6) is 11.5 Å². The van der Waals surface area contributed by atoms with Gasteiger partial charge in [0.1, 0.15) is 0 Å². The second-order valence-electron chi connectivity index (χ2n) is 7.15. The SMILES string of the molecule is COc1cc(CCNC(=O)[C@H]2CC(=O)N(c3ccc(C)cc3)C2)ccc1OC(F)F. The number of benzene rings is 2. The summed E-state index contributed by atoms with van der Waals surface area (Å²) >= 11 is 0. The molecule has 1 N–H and O–H groups in total. The highest BCUT2D eigenvalue weighted by molar-refractivity contribution is 6.00. The van der Waals surface area contributed by atoms with Gasteiger partial charge in [0.25, 0.3) is 0 Å². The highest BCUT2D eigenvalue weighted by Gasteiger charge is 2.34. The molecule has 2 amide bonds. The fraction of sp³-hybridized carbons (Fsp3) is 0.364. The Kier molecular flexibility index (Phi) is 6.87. The number of hydrogen-bond acceptors (Lipinski definition) is 4. The predicted molar refractivity (Wildman–Crippen MR) is 108 cm³/mol. The molecule has 1 fully saturated rings. The Morgan fingerprint density at radius 3 is 2.60 bits per heavy atom. The Morgan fingerprint density at radius 2 is 1.93 bits per heavy atom. The molecular formula is C22H24F2N2O4. The van der Waals surface area contributed by atoms with Gasteiger partial charge in [0.05, 0.1) is 13.0 Å². The van der Waals surface area contributed by atoms with Crippen LogP contribution in [-0.4, -0.2) is 38.6 Å². The number of hydrogen-bond donors (Lipinski definition) is 1. The number of ether oxygens (including phenoxy) is 2. The van der Waals surface area contributed by atoms with Crippen LogP contribution in [0, 0.1) is 12.8 Å². The summed E-state index contributed by atoms with van der Waals surface area (Å²) in [6.07, 6.45) is 0.659. The van der Waals surface area contributed by atoms with Gasteiger partial charge in [-0.2, -0.15) is 8.78 Å². The van der Waals surface area contributed by atoms with Crippen molar-refractivity contribution in [2.75, 3.05) is 25.1 Å². The normalized spacial score (nSPS) is 16.1. The van der Waals surface area contributed by atoms with Crippen LogP contribution >= 0.6 is 0 Å². The van der Waals surface area contributed by atoms with Gasteiger partial charge in [0, 0.05) is 25.2 Å².